The van der Waals surface area contributed by atoms with Gasteiger partial charge >= 0.3 is 0 Å². The van der Waals surface area contributed by atoms with Crippen molar-refractivity contribution < 1.29 is 9.90 Å². The minimum Gasteiger partial charge on any atom is -0.549 e. The molecule has 0 aromatic rings. The number of carboxylic acids is 1. The van der Waals surface area contributed by atoms with E-state index in [1.807, 2.05) is 6.92 Å². The average Bonchev–Trinajstić information content (AvgIpc) is 2.13. The number of hydrogen-bond donors (Lipinski definition) is 0. The quantitative estimate of drug-likeness (QED) is 0.459. The van der Waals surface area contributed by atoms with Gasteiger partial charge in [0, 0.05) is 18.2 Å². The van der Waals surface area contributed by atoms with Crippen LogP contribution in [0.25, 0.3) is 0 Å². The van der Waals surface area contributed by atoms with Gasteiger partial charge in [-0.05, 0) is 19.8 Å². The Morgan fingerprint density at radius 3 is 2.43 bits per heavy atom. The van der Waals surface area contributed by atoms with E-state index in [4.69, 9.17) is 0 Å². The molecule has 0 radical (unpaired) electrons. The van der Waals surface area contributed by atoms with Gasteiger partial charge in [-0.3, -0.25) is 4.99 Å². The molecule has 14 heavy (non-hydrogen) atoms. The van der Waals surface area contributed by atoms with Crippen LogP contribution in [0.3, 0.4) is 0 Å². The summed E-state index contributed by atoms with van der Waals surface area (Å²) in [6.45, 7) is 6.57. The molecular weight excluding hydrogens is 178 g/mol. The molecule has 0 aromatic heterocycles. The van der Waals surface area contributed by atoms with E-state index >= 15 is 0 Å². The predicted octanol–water partition coefficient (Wildman–Crippen LogP) is 1.41. The topological polar surface area (TPSA) is 52.5 Å². The van der Waals surface area contributed by atoms with E-state index in [1.54, 1.807) is 6.92 Å². The first-order valence-electron chi connectivity index (χ1n) is 5.35. The number of rotatable bonds is 7. The van der Waals surface area contributed by atoms with E-state index in [0.29, 0.717) is 12.1 Å². The van der Waals surface area contributed by atoms with E-state index in [2.05, 4.69) is 11.9 Å². The zero-order valence-electron chi connectivity index (χ0n) is 9.38. The summed E-state index contributed by atoms with van der Waals surface area (Å²) in [7, 11) is 0. The van der Waals surface area contributed by atoms with Crippen LogP contribution in [-0.4, -0.2) is 18.2 Å². The Hall–Kier alpha value is -0.860. The summed E-state index contributed by atoms with van der Waals surface area (Å²) in [5, 5.41) is 10.8. The van der Waals surface area contributed by atoms with Crippen LogP contribution in [-0.2, 0) is 4.79 Å². The predicted molar refractivity (Wildman–Crippen MR) is 56.3 cm³/mol. The van der Waals surface area contributed by atoms with Crippen LogP contribution in [0.1, 0.15) is 46.5 Å². The molecule has 3 heteroatoms. The summed E-state index contributed by atoms with van der Waals surface area (Å²) >= 11 is 0. The van der Waals surface area contributed by atoms with Gasteiger partial charge in [0.25, 0.3) is 0 Å². The Kier molecular flexibility index (Phi) is 7.07. The first kappa shape index (κ1) is 13.1. The lowest BCUT2D eigenvalue weighted by Gasteiger charge is -2.16. The summed E-state index contributed by atoms with van der Waals surface area (Å²) in [5.41, 5.74) is 0.709. The maximum Gasteiger partial charge on any atom is 0.0501 e. The molecule has 82 valence electrons. The van der Waals surface area contributed by atoms with Crippen molar-refractivity contribution in [1.82, 2.24) is 0 Å². The van der Waals surface area contributed by atoms with Crippen molar-refractivity contribution in [3.05, 3.63) is 0 Å². The number of unbranched alkanes of at least 4 members (excludes halogenated alkanes) is 1. The number of carboxylic acid groups (broad SMARTS) is 1. The van der Waals surface area contributed by atoms with Crippen LogP contribution in [0.2, 0.25) is 0 Å². The van der Waals surface area contributed by atoms with Crippen LogP contribution < -0.4 is 5.11 Å². The molecule has 0 aliphatic rings. The van der Waals surface area contributed by atoms with Crippen LogP contribution in [0.5, 0.6) is 0 Å². The molecule has 0 saturated carbocycles. The number of carbonyl (C=O) groups excluding carboxylic acids is 1. The monoisotopic (exact) mass is 198 g/mol. The molecular formula is C11H20NO2-. The second-order valence-corrected chi connectivity index (χ2v) is 3.54. The highest BCUT2D eigenvalue weighted by molar-refractivity contribution is 5.99. The highest BCUT2D eigenvalue weighted by atomic mass is 16.4. The van der Waals surface area contributed by atoms with Crippen LogP contribution in [0.15, 0.2) is 4.99 Å². The van der Waals surface area contributed by atoms with Gasteiger partial charge in [0.2, 0.25) is 0 Å². The number of aliphatic imine (C=N–C) groups is 1. The van der Waals surface area contributed by atoms with Gasteiger partial charge in [-0.1, -0.05) is 26.7 Å². The summed E-state index contributed by atoms with van der Waals surface area (Å²) in [5.74, 6) is -1.48. The largest absolute Gasteiger partial charge is 0.549 e. The van der Waals surface area contributed by atoms with Crippen LogP contribution in [0, 0.1) is 5.92 Å². The van der Waals surface area contributed by atoms with E-state index in [0.717, 1.165) is 25.8 Å². The molecule has 0 saturated heterocycles. The van der Waals surface area contributed by atoms with Gasteiger partial charge in [-0.2, -0.15) is 0 Å². The molecule has 0 amide bonds. The third-order valence-electron chi connectivity index (χ3n) is 2.24. The molecule has 1 unspecified atom stereocenters. The molecule has 0 heterocycles. The van der Waals surface area contributed by atoms with Crippen molar-refractivity contribution in [2.75, 3.05) is 6.54 Å². The average molecular weight is 198 g/mol. The van der Waals surface area contributed by atoms with Crippen LogP contribution >= 0.6 is 0 Å². The SMILES string of the molecule is CCCCN=C(C)C(CCC)C(=O)[O-]. The molecule has 3 nitrogen and oxygen atoms in total. The van der Waals surface area contributed by atoms with Crippen molar-refractivity contribution in [2.45, 2.75) is 46.5 Å². The molecule has 0 fully saturated rings. The van der Waals surface area contributed by atoms with Crippen molar-refractivity contribution >= 4 is 11.7 Å². The number of nitrogens with zero attached hydrogens (tertiary/aromatic N) is 1. The van der Waals surface area contributed by atoms with E-state index < -0.39 is 11.9 Å². The minimum atomic E-state index is -0.996. The van der Waals surface area contributed by atoms with Crippen molar-refractivity contribution in [3.63, 3.8) is 0 Å². The van der Waals surface area contributed by atoms with Crippen molar-refractivity contribution in [3.8, 4) is 0 Å². The fourth-order valence-electron chi connectivity index (χ4n) is 1.31. The number of aliphatic carboxylic acids is 1. The molecule has 0 N–H and O–H groups in total. The molecule has 0 bridgehead atoms. The standard InChI is InChI=1S/C11H21NO2/c1-4-6-8-12-9(3)10(7-5-2)11(13)14/h10H,4-8H2,1-3H3,(H,13,14)/p-1. The van der Waals surface area contributed by atoms with Gasteiger partial charge in [-0.15, -0.1) is 0 Å². The maximum atomic E-state index is 10.8. The van der Waals surface area contributed by atoms with Gasteiger partial charge in [0.1, 0.15) is 0 Å². The Labute approximate surface area is 86.2 Å². The highest BCUT2D eigenvalue weighted by Gasteiger charge is 2.11. The molecule has 0 spiro atoms. The van der Waals surface area contributed by atoms with Gasteiger partial charge in [0.05, 0.1) is 5.97 Å². The molecule has 0 aliphatic carbocycles. The summed E-state index contributed by atoms with van der Waals surface area (Å²) < 4.78 is 0. The van der Waals surface area contributed by atoms with Gasteiger partial charge in [0.15, 0.2) is 0 Å². The van der Waals surface area contributed by atoms with Gasteiger partial charge < -0.3 is 9.90 Å². The minimum absolute atomic E-state index is 0.489. The lowest BCUT2D eigenvalue weighted by Crippen LogP contribution is -2.35. The Balaban J connectivity index is 4.19. The first-order valence-corrected chi connectivity index (χ1v) is 5.35. The lowest BCUT2D eigenvalue weighted by atomic mass is 9.99. The fraction of sp³-hybridized carbons (Fsp3) is 0.818. The third-order valence-corrected chi connectivity index (χ3v) is 2.24. The fourth-order valence-corrected chi connectivity index (χ4v) is 1.31. The Morgan fingerprint density at radius 2 is 2.00 bits per heavy atom. The van der Waals surface area contributed by atoms with Crippen LogP contribution in [0.4, 0.5) is 0 Å². The van der Waals surface area contributed by atoms with Crippen molar-refractivity contribution in [2.24, 2.45) is 10.9 Å². The lowest BCUT2D eigenvalue weighted by molar-refractivity contribution is -0.309. The molecule has 0 aliphatic heterocycles. The highest BCUT2D eigenvalue weighted by Crippen LogP contribution is 2.08. The number of hydrogen-bond acceptors (Lipinski definition) is 3. The summed E-state index contributed by atoms with van der Waals surface area (Å²) in [6, 6.07) is 0. The zero-order chi connectivity index (χ0) is 11.0. The zero-order valence-corrected chi connectivity index (χ0v) is 9.38. The Morgan fingerprint density at radius 1 is 1.36 bits per heavy atom. The third kappa shape index (κ3) is 5.00. The van der Waals surface area contributed by atoms with E-state index in [-0.39, 0.29) is 0 Å². The number of carbonyl (C=O) groups is 1. The second-order valence-electron chi connectivity index (χ2n) is 3.54. The summed E-state index contributed by atoms with van der Waals surface area (Å²) in [6.07, 6.45) is 3.58. The van der Waals surface area contributed by atoms with E-state index in [9.17, 15) is 9.90 Å². The molecule has 0 aromatic carbocycles. The second kappa shape index (κ2) is 7.54. The first-order chi connectivity index (χ1) is 6.63. The molecule has 0 rings (SSSR count). The van der Waals surface area contributed by atoms with Crippen molar-refractivity contribution in [1.29, 1.82) is 0 Å². The normalized spacial score (nSPS) is 14.1. The maximum absolute atomic E-state index is 10.8. The summed E-state index contributed by atoms with van der Waals surface area (Å²) in [4.78, 5) is 15.0. The smallest absolute Gasteiger partial charge is 0.0501 e. The van der Waals surface area contributed by atoms with Gasteiger partial charge in [-0.25, -0.2) is 0 Å². The van der Waals surface area contributed by atoms with E-state index in [1.165, 1.54) is 0 Å². The molecule has 1 atom stereocenters. The Bertz CT molecular complexity index is 199.